The Morgan fingerprint density at radius 3 is 2.26 bits per heavy atom. The average molecular weight is 372 g/mol. The maximum absolute atomic E-state index is 12.7. The van der Waals surface area contributed by atoms with Crippen LogP contribution in [0, 0.1) is 6.92 Å². The number of halogens is 3. The molecule has 0 saturated heterocycles. The number of aryl methyl sites for hydroxylation is 1. The number of anilines is 3. The maximum atomic E-state index is 12.7. The van der Waals surface area contributed by atoms with Crippen molar-refractivity contribution in [1.82, 2.24) is 9.97 Å². The van der Waals surface area contributed by atoms with Crippen molar-refractivity contribution in [3.8, 4) is 0 Å². The Labute approximate surface area is 155 Å². The molecule has 0 radical (unpaired) electrons. The van der Waals surface area contributed by atoms with E-state index < -0.39 is 11.7 Å². The van der Waals surface area contributed by atoms with Crippen LogP contribution < -0.4 is 10.2 Å². The number of rotatable bonds is 5. The standard InChI is InChI=1S/C20H19F3N4/c1-14-12-18(25-17-10-8-16(9-11-17)20(21,22)23)26-19(24-14)27(2)13-15-6-4-3-5-7-15/h3-12H,13H2,1-2H3,(H,24,25,26). The second-order valence-electron chi connectivity index (χ2n) is 6.24. The van der Waals surface area contributed by atoms with Gasteiger partial charge < -0.3 is 10.2 Å². The fourth-order valence-corrected chi connectivity index (χ4v) is 2.61. The number of nitrogens with one attached hydrogen (secondary N) is 1. The molecule has 3 rings (SSSR count). The number of aromatic nitrogens is 2. The summed E-state index contributed by atoms with van der Waals surface area (Å²) in [5.74, 6) is 1.06. The Morgan fingerprint density at radius 2 is 1.63 bits per heavy atom. The molecule has 0 saturated carbocycles. The van der Waals surface area contributed by atoms with Crippen molar-refractivity contribution in [2.45, 2.75) is 19.6 Å². The van der Waals surface area contributed by atoms with E-state index in [1.807, 2.05) is 49.2 Å². The lowest BCUT2D eigenvalue weighted by Crippen LogP contribution is -2.19. The first kappa shape index (κ1) is 18.7. The highest BCUT2D eigenvalue weighted by Gasteiger charge is 2.29. The van der Waals surface area contributed by atoms with Gasteiger partial charge in [-0.2, -0.15) is 18.2 Å². The molecule has 1 heterocycles. The molecule has 0 aliphatic heterocycles. The minimum Gasteiger partial charge on any atom is -0.340 e. The number of alkyl halides is 3. The molecule has 0 atom stereocenters. The van der Waals surface area contributed by atoms with E-state index in [2.05, 4.69) is 15.3 Å². The van der Waals surface area contributed by atoms with Gasteiger partial charge in [0.25, 0.3) is 0 Å². The molecule has 4 nitrogen and oxygen atoms in total. The van der Waals surface area contributed by atoms with Gasteiger partial charge in [0.15, 0.2) is 0 Å². The third-order valence-corrected chi connectivity index (χ3v) is 3.93. The first-order valence-electron chi connectivity index (χ1n) is 8.36. The van der Waals surface area contributed by atoms with Gasteiger partial charge in [-0.15, -0.1) is 0 Å². The zero-order chi connectivity index (χ0) is 19.4. The number of hydrogen-bond acceptors (Lipinski definition) is 4. The first-order chi connectivity index (χ1) is 12.8. The lowest BCUT2D eigenvalue weighted by molar-refractivity contribution is -0.137. The van der Waals surface area contributed by atoms with Crippen LogP contribution in [0.25, 0.3) is 0 Å². The van der Waals surface area contributed by atoms with Crippen LogP contribution in [0.2, 0.25) is 0 Å². The highest BCUT2D eigenvalue weighted by molar-refractivity contribution is 5.58. The quantitative estimate of drug-likeness (QED) is 0.670. The van der Waals surface area contributed by atoms with E-state index in [0.29, 0.717) is 24.0 Å². The summed E-state index contributed by atoms with van der Waals surface area (Å²) >= 11 is 0. The second kappa shape index (κ2) is 7.65. The molecule has 0 amide bonds. The number of hydrogen-bond donors (Lipinski definition) is 1. The molecule has 2 aromatic carbocycles. The molecule has 1 aromatic heterocycles. The van der Waals surface area contributed by atoms with Crippen LogP contribution in [-0.2, 0) is 12.7 Å². The number of nitrogens with zero attached hydrogens (tertiary/aromatic N) is 3. The van der Waals surface area contributed by atoms with Crippen molar-refractivity contribution in [3.05, 3.63) is 77.5 Å². The van der Waals surface area contributed by atoms with Crippen LogP contribution in [0.15, 0.2) is 60.7 Å². The van der Waals surface area contributed by atoms with Gasteiger partial charge in [-0.1, -0.05) is 30.3 Å². The Morgan fingerprint density at radius 1 is 0.963 bits per heavy atom. The topological polar surface area (TPSA) is 41.1 Å². The molecule has 7 heteroatoms. The van der Waals surface area contributed by atoms with Gasteiger partial charge in [-0.05, 0) is 36.8 Å². The van der Waals surface area contributed by atoms with Gasteiger partial charge in [0.05, 0.1) is 5.56 Å². The molecule has 27 heavy (non-hydrogen) atoms. The summed E-state index contributed by atoms with van der Waals surface area (Å²) in [6.45, 7) is 2.49. The summed E-state index contributed by atoms with van der Waals surface area (Å²) in [6, 6.07) is 16.5. The fourth-order valence-electron chi connectivity index (χ4n) is 2.61. The lowest BCUT2D eigenvalue weighted by atomic mass is 10.2. The normalized spacial score (nSPS) is 11.3. The smallest absolute Gasteiger partial charge is 0.340 e. The van der Waals surface area contributed by atoms with Gasteiger partial charge in [-0.25, -0.2) is 4.98 Å². The van der Waals surface area contributed by atoms with Crippen LogP contribution in [0.1, 0.15) is 16.8 Å². The predicted octanol–water partition coefficient (Wildman–Crippen LogP) is 5.18. The molecule has 3 aromatic rings. The second-order valence-corrected chi connectivity index (χ2v) is 6.24. The zero-order valence-electron chi connectivity index (χ0n) is 15.0. The van der Waals surface area contributed by atoms with Crippen LogP contribution >= 0.6 is 0 Å². The van der Waals surface area contributed by atoms with Crippen LogP contribution in [0.4, 0.5) is 30.6 Å². The van der Waals surface area contributed by atoms with Crippen LogP contribution in [-0.4, -0.2) is 17.0 Å². The average Bonchev–Trinajstić information content (AvgIpc) is 2.62. The molecular formula is C20H19F3N4. The lowest BCUT2D eigenvalue weighted by Gasteiger charge is -2.18. The Bertz CT molecular complexity index is 893. The predicted molar refractivity (Wildman–Crippen MR) is 100 cm³/mol. The van der Waals surface area contributed by atoms with E-state index in [1.165, 1.54) is 12.1 Å². The van der Waals surface area contributed by atoms with Gasteiger partial charge >= 0.3 is 6.18 Å². The Balaban J connectivity index is 1.77. The van der Waals surface area contributed by atoms with Crippen molar-refractivity contribution in [1.29, 1.82) is 0 Å². The van der Waals surface area contributed by atoms with E-state index in [1.54, 1.807) is 6.07 Å². The highest BCUT2D eigenvalue weighted by Crippen LogP contribution is 2.30. The molecule has 0 aliphatic rings. The SMILES string of the molecule is Cc1cc(Nc2ccc(C(F)(F)F)cc2)nc(N(C)Cc2ccccc2)n1. The maximum Gasteiger partial charge on any atom is 0.416 e. The van der Waals surface area contributed by atoms with Gasteiger partial charge in [-0.3, -0.25) is 0 Å². The molecule has 0 aliphatic carbocycles. The molecule has 0 spiro atoms. The van der Waals surface area contributed by atoms with Gasteiger partial charge in [0, 0.05) is 31.0 Å². The van der Waals surface area contributed by atoms with E-state index in [4.69, 9.17) is 0 Å². The molecule has 0 unspecified atom stereocenters. The van der Waals surface area contributed by atoms with E-state index in [-0.39, 0.29) is 0 Å². The van der Waals surface area contributed by atoms with E-state index in [0.717, 1.165) is 23.4 Å². The summed E-state index contributed by atoms with van der Waals surface area (Å²) < 4.78 is 38.0. The van der Waals surface area contributed by atoms with Gasteiger partial charge in [0.2, 0.25) is 5.95 Å². The summed E-state index contributed by atoms with van der Waals surface area (Å²) in [4.78, 5) is 10.8. The van der Waals surface area contributed by atoms with Gasteiger partial charge in [0.1, 0.15) is 5.82 Å². The minimum atomic E-state index is -4.35. The Hall–Kier alpha value is -3.09. The monoisotopic (exact) mass is 372 g/mol. The third kappa shape index (κ3) is 4.97. The van der Waals surface area contributed by atoms with Crippen LogP contribution in [0.5, 0.6) is 0 Å². The summed E-state index contributed by atoms with van der Waals surface area (Å²) in [5.41, 5.74) is 1.73. The molecule has 0 fully saturated rings. The number of benzene rings is 2. The molecule has 140 valence electrons. The van der Waals surface area contributed by atoms with Crippen molar-refractivity contribution in [2.24, 2.45) is 0 Å². The van der Waals surface area contributed by atoms with Crippen molar-refractivity contribution in [2.75, 3.05) is 17.3 Å². The van der Waals surface area contributed by atoms with Crippen molar-refractivity contribution < 1.29 is 13.2 Å². The summed E-state index contributed by atoms with van der Waals surface area (Å²) in [5, 5.41) is 3.04. The Kier molecular flexibility index (Phi) is 5.30. The highest BCUT2D eigenvalue weighted by atomic mass is 19.4. The first-order valence-corrected chi connectivity index (χ1v) is 8.36. The van der Waals surface area contributed by atoms with E-state index in [9.17, 15) is 13.2 Å². The molecular weight excluding hydrogens is 353 g/mol. The molecule has 0 bridgehead atoms. The largest absolute Gasteiger partial charge is 0.416 e. The minimum absolute atomic E-state index is 0.525. The fraction of sp³-hybridized carbons (Fsp3) is 0.200. The van der Waals surface area contributed by atoms with Crippen molar-refractivity contribution in [3.63, 3.8) is 0 Å². The summed E-state index contributed by atoms with van der Waals surface area (Å²) in [7, 11) is 1.89. The third-order valence-electron chi connectivity index (χ3n) is 3.93. The zero-order valence-corrected chi connectivity index (χ0v) is 15.0. The van der Waals surface area contributed by atoms with Crippen molar-refractivity contribution >= 4 is 17.5 Å². The van der Waals surface area contributed by atoms with E-state index >= 15 is 0 Å². The van der Waals surface area contributed by atoms with Crippen LogP contribution in [0.3, 0.4) is 0 Å². The molecule has 1 N–H and O–H groups in total. The summed E-state index contributed by atoms with van der Waals surface area (Å²) in [6.07, 6.45) is -4.35.